The highest BCUT2D eigenvalue weighted by Gasteiger charge is 2.12. The van der Waals surface area contributed by atoms with E-state index in [2.05, 4.69) is 11.4 Å². The minimum Gasteiger partial charge on any atom is -0.504 e. The van der Waals surface area contributed by atoms with Crippen LogP contribution < -0.4 is 10.1 Å². The number of anilines is 1. The van der Waals surface area contributed by atoms with Gasteiger partial charge in [-0.15, -0.1) is 0 Å². The summed E-state index contributed by atoms with van der Waals surface area (Å²) in [4.78, 5) is 0. The molecule has 1 aliphatic rings. The number of hydrogen-bond acceptors (Lipinski definition) is 4. The minimum atomic E-state index is -0.0957. The summed E-state index contributed by atoms with van der Waals surface area (Å²) in [5.74, 6) is 0.784. The zero-order chi connectivity index (χ0) is 13.2. The maximum atomic E-state index is 9.72. The van der Waals surface area contributed by atoms with E-state index in [1.165, 1.54) is 11.6 Å². The highest BCUT2D eigenvalue weighted by Crippen LogP contribution is 2.30. The molecule has 98 valence electrons. The normalized spacial score (nSPS) is 12.8. The quantitative estimate of drug-likeness (QED) is 0.740. The van der Waals surface area contributed by atoms with Gasteiger partial charge in [0.2, 0.25) is 0 Å². The molecule has 0 radical (unpaired) electrons. The first kappa shape index (κ1) is 11.7. The molecule has 4 nitrogen and oxygen atoms in total. The van der Waals surface area contributed by atoms with Crippen LogP contribution in [0.25, 0.3) is 0 Å². The van der Waals surface area contributed by atoms with Gasteiger partial charge in [0.05, 0.1) is 6.61 Å². The SMILES string of the molecule is Oc1cccc(CNc2ccc3c(c2)CCO3)c1O. The first-order valence-electron chi connectivity index (χ1n) is 6.23. The smallest absolute Gasteiger partial charge is 0.162 e. The van der Waals surface area contributed by atoms with Gasteiger partial charge in [-0.1, -0.05) is 12.1 Å². The average molecular weight is 257 g/mol. The van der Waals surface area contributed by atoms with Gasteiger partial charge in [-0.05, 0) is 29.8 Å². The second-order valence-electron chi connectivity index (χ2n) is 4.56. The fourth-order valence-electron chi connectivity index (χ4n) is 2.21. The van der Waals surface area contributed by atoms with E-state index in [1.54, 1.807) is 12.1 Å². The topological polar surface area (TPSA) is 61.7 Å². The van der Waals surface area contributed by atoms with E-state index in [0.717, 1.165) is 24.5 Å². The fraction of sp³-hybridized carbons (Fsp3) is 0.200. The predicted molar refractivity (Wildman–Crippen MR) is 72.7 cm³/mol. The molecule has 0 fully saturated rings. The molecule has 1 aliphatic heterocycles. The zero-order valence-corrected chi connectivity index (χ0v) is 10.4. The van der Waals surface area contributed by atoms with Crippen molar-refractivity contribution in [1.29, 1.82) is 0 Å². The lowest BCUT2D eigenvalue weighted by Crippen LogP contribution is -2.00. The number of hydrogen-bond donors (Lipinski definition) is 3. The Morgan fingerprint density at radius 1 is 1.16 bits per heavy atom. The fourth-order valence-corrected chi connectivity index (χ4v) is 2.21. The second-order valence-corrected chi connectivity index (χ2v) is 4.56. The van der Waals surface area contributed by atoms with E-state index in [4.69, 9.17) is 4.74 Å². The molecule has 3 N–H and O–H groups in total. The summed E-state index contributed by atoms with van der Waals surface area (Å²) in [5, 5.41) is 22.4. The predicted octanol–water partition coefficient (Wildman–Crippen LogP) is 2.64. The Morgan fingerprint density at radius 3 is 2.95 bits per heavy atom. The Morgan fingerprint density at radius 2 is 2.05 bits per heavy atom. The molecule has 0 amide bonds. The summed E-state index contributed by atoms with van der Waals surface area (Å²) in [5.41, 5.74) is 2.84. The number of nitrogens with one attached hydrogen (secondary N) is 1. The standard InChI is InChI=1S/C15H15NO3/c17-13-3-1-2-11(15(13)18)9-16-12-4-5-14-10(8-12)6-7-19-14/h1-5,8,16-18H,6-7,9H2. The van der Waals surface area contributed by atoms with Crippen molar-refractivity contribution < 1.29 is 14.9 Å². The number of aromatic hydroxyl groups is 2. The highest BCUT2D eigenvalue weighted by molar-refractivity contribution is 5.54. The lowest BCUT2D eigenvalue weighted by Gasteiger charge is -2.10. The molecule has 3 rings (SSSR count). The number of benzene rings is 2. The van der Waals surface area contributed by atoms with Gasteiger partial charge in [-0.3, -0.25) is 0 Å². The summed E-state index contributed by atoms with van der Waals surface area (Å²) in [6.45, 7) is 1.20. The molecule has 2 aromatic carbocycles. The van der Waals surface area contributed by atoms with Crippen molar-refractivity contribution >= 4 is 5.69 Å². The molecular weight excluding hydrogens is 242 g/mol. The Bertz CT molecular complexity index is 610. The van der Waals surface area contributed by atoms with E-state index in [-0.39, 0.29) is 11.5 Å². The van der Waals surface area contributed by atoms with Crippen molar-refractivity contribution in [2.75, 3.05) is 11.9 Å². The molecule has 0 saturated heterocycles. The molecule has 4 heteroatoms. The van der Waals surface area contributed by atoms with Crippen LogP contribution >= 0.6 is 0 Å². The monoisotopic (exact) mass is 257 g/mol. The first-order valence-corrected chi connectivity index (χ1v) is 6.23. The highest BCUT2D eigenvalue weighted by atomic mass is 16.5. The third-order valence-electron chi connectivity index (χ3n) is 3.27. The van der Waals surface area contributed by atoms with Crippen LogP contribution in [0.3, 0.4) is 0 Å². The zero-order valence-electron chi connectivity index (χ0n) is 10.4. The van der Waals surface area contributed by atoms with Crippen molar-refractivity contribution in [3.63, 3.8) is 0 Å². The van der Waals surface area contributed by atoms with Crippen molar-refractivity contribution in [2.24, 2.45) is 0 Å². The number of phenols is 2. The van der Waals surface area contributed by atoms with Crippen LogP contribution in [-0.4, -0.2) is 16.8 Å². The Kier molecular flexibility index (Phi) is 2.91. The third kappa shape index (κ3) is 2.29. The number of ether oxygens (including phenoxy) is 1. The molecule has 0 bridgehead atoms. The van der Waals surface area contributed by atoms with Gasteiger partial charge in [0.15, 0.2) is 11.5 Å². The van der Waals surface area contributed by atoms with Crippen LogP contribution in [0.4, 0.5) is 5.69 Å². The third-order valence-corrected chi connectivity index (χ3v) is 3.27. The summed E-state index contributed by atoms with van der Waals surface area (Å²) in [6.07, 6.45) is 0.933. The second kappa shape index (κ2) is 4.72. The van der Waals surface area contributed by atoms with Gasteiger partial charge in [0, 0.05) is 24.2 Å². The van der Waals surface area contributed by atoms with E-state index in [0.29, 0.717) is 12.1 Å². The van der Waals surface area contributed by atoms with Crippen LogP contribution in [0.15, 0.2) is 36.4 Å². The summed E-state index contributed by atoms with van der Waals surface area (Å²) in [6, 6.07) is 10.9. The van der Waals surface area contributed by atoms with E-state index in [1.807, 2.05) is 12.1 Å². The summed E-state index contributed by atoms with van der Waals surface area (Å²) < 4.78 is 5.45. The van der Waals surface area contributed by atoms with E-state index < -0.39 is 0 Å². The summed E-state index contributed by atoms with van der Waals surface area (Å²) in [7, 11) is 0. The van der Waals surface area contributed by atoms with Crippen LogP contribution in [0.1, 0.15) is 11.1 Å². The molecule has 0 atom stereocenters. The Labute approximate surface area is 111 Å². The average Bonchev–Trinajstić information content (AvgIpc) is 2.88. The van der Waals surface area contributed by atoms with Gasteiger partial charge < -0.3 is 20.3 Å². The van der Waals surface area contributed by atoms with Gasteiger partial charge in [-0.25, -0.2) is 0 Å². The molecular formula is C15H15NO3. The molecule has 0 saturated carbocycles. The number of para-hydroxylation sites is 1. The number of phenolic OH excluding ortho intramolecular Hbond substituents is 2. The van der Waals surface area contributed by atoms with Crippen LogP contribution in [-0.2, 0) is 13.0 Å². The maximum absolute atomic E-state index is 9.72. The van der Waals surface area contributed by atoms with Gasteiger partial charge >= 0.3 is 0 Å². The molecule has 2 aromatic rings. The summed E-state index contributed by atoms with van der Waals surface area (Å²) >= 11 is 0. The number of fused-ring (bicyclic) bond motifs is 1. The van der Waals surface area contributed by atoms with E-state index in [9.17, 15) is 10.2 Å². The molecule has 1 heterocycles. The van der Waals surface area contributed by atoms with Crippen molar-refractivity contribution in [1.82, 2.24) is 0 Å². The lowest BCUT2D eigenvalue weighted by atomic mass is 10.1. The van der Waals surface area contributed by atoms with Crippen LogP contribution in [0.2, 0.25) is 0 Å². The Balaban J connectivity index is 1.74. The maximum Gasteiger partial charge on any atom is 0.162 e. The van der Waals surface area contributed by atoms with Gasteiger partial charge in [-0.2, -0.15) is 0 Å². The molecule has 19 heavy (non-hydrogen) atoms. The van der Waals surface area contributed by atoms with Crippen LogP contribution in [0, 0.1) is 0 Å². The molecule has 0 unspecified atom stereocenters. The van der Waals surface area contributed by atoms with Crippen LogP contribution in [0.5, 0.6) is 17.2 Å². The molecule has 0 aromatic heterocycles. The first-order chi connectivity index (χ1) is 9.24. The van der Waals surface area contributed by atoms with Crippen molar-refractivity contribution in [3.8, 4) is 17.2 Å². The van der Waals surface area contributed by atoms with Crippen molar-refractivity contribution in [2.45, 2.75) is 13.0 Å². The van der Waals surface area contributed by atoms with Crippen molar-refractivity contribution in [3.05, 3.63) is 47.5 Å². The Hall–Kier alpha value is -2.36. The largest absolute Gasteiger partial charge is 0.504 e. The van der Waals surface area contributed by atoms with E-state index >= 15 is 0 Å². The minimum absolute atomic E-state index is 0.0699. The molecule has 0 spiro atoms. The lowest BCUT2D eigenvalue weighted by molar-refractivity contribution is 0.357. The molecule has 0 aliphatic carbocycles. The van der Waals surface area contributed by atoms with Gasteiger partial charge in [0.1, 0.15) is 5.75 Å². The van der Waals surface area contributed by atoms with Gasteiger partial charge in [0.25, 0.3) is 0 Å². The number of rotatable bonds is 3.